The molecule has 22 heavy (non-hydrogen) atoms. The fourth-order valence-electron chi connectivity index (χ4n) is 1.89. The monoisotopic (exact) mass is 359 g/mol. The molecule has 0 aliphatic heterocycles. The second kappa shape index (κ2) is 9.10. The Morgan fingerprint density at radius 3 is 2.82 bits per heavy atom. The van der Waals surface area contributed by atoms with E-state index in [1.807, 2.05) is 38.1 Å². The Labute approximate surface area is 145 Å². The van der Waals surface area contributed by atoms with E-state index in [-0.39, 0.29) is 24.4 Å². The van der Waals surface area contributed by atoms with Crippen LogP contribution in [0.25, 0.3) is 10.6 Å². The number of likely N-dealkylation sites (N-methyl/N-ethyl adjacent to an activating group) is 1. The maximum absolute atomic E-state index is 12.1. The zero-order valence-corrected chi connectivity index (χ0v) is 14.8. The minimum Gasteiger partial charge on any atom is -0.349 e. The first-order valence-electron chi connectivity index (χ1n) is 6.83. The van der Waals surface area contributed by atoms with Crippen molar-refractivity contribution in [2.45, 2.75) is 19.9 Å². The predicted molar refractivity (Wildman–Crippen MR) is 95.3 cm³/mol. The first kappa shape index (κ1) is 18.9. The first-order valence-corrected chi connectivity index (χ1v) is 8.09. The Bertz CT molecular complexity index is 618. The molecule has 4 nitrogen and oxygen atoms in total. The fraction of sp³-hybridized carbons (Fsp3) is 0.333. The smallest absolute Gasteiger partial charge is 0.270 e. The third kappa shape index (κ3) is 4.95. The highest BCUT2D eigenvalue weighted by atomic mass is 35.5. The molecule has 0 saturated carbocycles. The second-order valence-electron chi connectivity index (χ2n) is 4.69. The molecule has 0 radical (unpaired) electrons. The Balaban J connectivity index is 0.00000242. The van der Waals surface area contributed by atoms with Crippen LogP contribution in [0.1, 0.15) is 24.3 Å². The van der Waals surface area contributed by atoms with Crippen molar-refractivity contribution in [1.82, 2.24) is 15.6 Å². The lowest BCUT2D eigenvalue weighted by atomic mass is 10.2. The summed E-state index contributed by atoms with van der Waals surface area (Å²) in [5.41, 5.74) is 1.28. The lowest BCUT2D eigenvalue weighted by molar-refractivity contribution is 0.0946. The molecule has 0 saturated heterocycles. The minimum absolute atomic E-state index is 0. The summed E-state index contributed by atoms with van der Waals surface area (Å²) in [5.74, 6) is -0.158. The molecule has 1 aromatic carbocycles. The third-order valence-corrected chi connectivity index (χ3v) is 4.17. The van der Waals surface area contributed by atoms with Crippen LogP contribution in [0.4, 0.5) is 0 Å². The molecular weight excluding hydrogens is 341 g/mol. The van der Waals surface area contributed by atoms with Gasteiger partial charge in [-0.15, -0.1) is 23.7 Å². The second-order valence-corrected chi connectivity index (χ2v) is 5.95. The zero-order chi connectivity index (χ0) is 15.2. The van der Waals surface area contributed by atoms with E-state index in [4.69, 9.17) is 11.6 Å². The SMILES string of the molecule is CCN[C@H](C)CNC(=O)c1csc(-c2ccccc2Cl)n1.Cl. The molecule has 1 atom stereocenters. The molecule has 1 aromatic heterocycles. The minimum atomic E-state index is -0.158. The lowest BCUT2D eigenvalue weighted by Gasteiger charge is -2.12. The summed E-state index contributed by atoms with van der Waals surface area (Å²) < 4.78 is 0. The number of thiazole rings is 1. The number of hydrogen-bond donors (Lipinski definition) is 2. The number of carbonyl (C=O) groups excluding carboxylic acids is 1. The molecule has 0 unspecified atom stereocenters. The molecule has 0 fully saturated rings. The van der Waals surface area contributed by atoms with Crippen LogP contribution >= 0.6 is 35.3 Å². The zero-order valence-electron chi connectivity index (χ0n) is 12.4. The van der Waals surface area contributed by atoms with Gasteiger partial charge in [0.1, 0.15) is 10.7 Å². The Morgan fingerprint density at radius 1 is 1.41 bits per heavy atom. The van der Waals surface area contributed by atoms with Gasteiger partial charge in [-0.25, -0.2) is 4.98 Å². The van der Waals surface area contributed by atoms with E-state index in [0.29, 0.717) is 17.3 Å². The highest BCUT2D eigenvalue weighted by Gasteiger charge is 2.13. The van der Waals surface area contributed by atoms with Crippen molar-refractivity contribution in [3.63, 3.8) is 0 Å². The molecule has 0 aliphatic carbocycles. The number of aromatic nitrogens is 1. The molecule has 0 aliphatic rings. The summed E-state index contributed by atoms with van der Waals surface area (Å²) in [6.07, 6.45) is 0. The topological polar surface area (TPSA) is 54.0 Å². The van der Waals surface area contributed by atoms with Gasteiger partial charge in [-0.1, -0.05) is 36.7 Å². The number of benzene rings is 1. The van der Waals surface area contributed by atoms with Gasteiger partial charge in [0.05, 0.1) is 5.02 Å². The van der Waals surface area contributed by atoms with E-state index in [1.165, 1.54) is 11.3 Å². The van der Waals surface area contributed by atoms with Crippen LogP contribution in [0.3, 0.4) is 0 Å². The molecule has 0 bridgehead atoms. The molecule has 2 aromatic rings. The van der Waals surface area contributed by atoms with Gasteiger partial charge in [0.2, 0.25) is 0 Å². The van der Waals surface area contributed by atoms with Gasteiger partial charge in [-0.3, -0.25) is 4.79 Å². The highest BCUT2D eigenvalue weighted by molar-refractivity contribution is 7.13. The van der Waals surface area contributed by atoms with E-state index in [1.54, 1.807) is 5.38 Å². The van der Waals surface area contributed by atoms with Gasteiger partial charge in [0.15, 0.2) is 0 Å². The number of nitrogens with one attached hydrogen (secondary N) is 2. The average molecular weight is 360 g/mol. The third-order valence-electron chi connectivity index (χ3n) is 2.96. The summed E-state index contributed by atoms with van der Waals surface area (Å²) in [6, 6.07) is 7.72. The van der Waals surface area contributed by atoms with Crippen LogP contribution in [-0.2, 0) is 0 Å². The van der Waals surface area contributed by atoms with Gasteiger partial charge in [-0.05, 0) is 19.5 Å². The van der Waals surface area contributed by atoms with E-state index in [0.717, 1.165) is 17.1 Å². The summed E-state index contributed by atoms with van der Waals surface area (Å²) in [5, 5.41) is 9.26. The Kier molecular flexibility index (Phi) is 7.82. The van der Waals surface area contributed by atoms with E-state index in [9.17, 15) is 4.79 Å². The predicted octanol–water partition coefficient (Wildman–Crippen LogP) is 3.61. The van der Waals surface area contributed by atoms with Crippen LogP contribution < -0.4 is 10.6 Å². The van der Waals surface area contributed by atoms with Crippen molar-refractivity contribution in [3.05, 3.63) is 40.4 Å². The number of halogens is 2. The lowest BCUT2D eigenvalue weighted by Crippen LogP contribution is -2.38. The van der Waals surface area contributed by atoms with Crippen molar-refractivity contribution in [3.8, 4) is 10.6 Å². The fourth-order valence-corrected chi connectivity index (χ4v) is 3.01. The van der Waals surface area contributed by atoms with Crippen molar-refractivity contribution < 1.29 is 4.79 Å². The number of carbonyl (C=O) groups is 1. The van der Waals surface area contributed by atoms with Crippen LogP contribution in [0.15, 0.2) is 29.6 Å². The number of hydrogen-bond acceptors (Lipinski definition) is 4. The highest BCUT2D eigenvalue weighted by Crippen LogP contribution is 2.29. The molecule has 2 N–H and O–H groups in total. The molecule has 120 valence electrons. The van der Waals surface area contributed by atoms with Gasteiger partial charge in [0, 0.05) is 23.5 Å². The molecule has 0 spiro atoms. The van der Waals surface area contributed by atoms with Crippen LogP contribution in [0, 0.1) is 0 Å². The summed E-state index contributed by atoms with van der Waals surface area (Å²) in [7, 11) is 0. The van der Waals surface area contributed by atoms with E-state index in [2.05, 4.69) is 15.6 Å². The van der Waals surface area contributed by atoms with Crippen molar-refractivity contribution in [2.75, 3.05) is 13.1 Å². The maximum atomic E-state index is 12.1. The van der Waals surface area contributed by atoms with Gasteiger partial charge >= 0.3 is 0 Å². The van der Waals surface area contributed by atoms with Gasteiger partial charge in [-0.2, -0.15) is 0 Å². The van der Waals surface area contributed by atoms with Crippen molar-refractivity contribution in [2.24, 2.45) is 0 Å². The largest absolute Gasteiger partial charge is 0.349 e. The van der Waals surface area contributed by atoms with E-state index < -0.39 is 0 Å². The van der Waals surface area contributed by atoms with Gasteiger partial charge < -0.3 is 10.6 Å². The van der Waals surface area contributed by atoms with E-state index >= 15 is 0 Å². The number of amides is 1. The van der Waals surface area contributed by atoms with Gasteiger partial charge in [0.25, 0.3) is 5.91 Å². The Hall–Kier alpha value is -1.14. The number of nitrogens with zero attached hydrogens (tertiary/aromatic N) is 1. The molecular formula is C15H19Cl2N3OS. The maximum Gasteiger partial charge on any atom is 0.270 e. The molecule has 7 heteroatoms. The normalized spacial score (nSPS) is 11.6. The van der Waals surface area contributed by atoms with Crippen molar-refractivity contribution >= 4 is 41.3 Å². The van der Waals surface area contributed by atoms with Crippen LogP contribution in [0.5, 0.6) is 0 Å². The first-order chi connectivity index (χ1) is 10.1. The number of rotatable bonds is 6. The van der Waals surface area contributed by atoms with Crippen molar-refractivity contribution in [1.29, 1.82) is 0 Å². The summed E-state index contributed by atoms with van der Waals surface area (Å²) in [6.45, 7) is 5.52. The molecule has 1 amide bonds. The standard InChI is InChI=1S/C15H18ClN3OS.ClH/c1-3-17-10(2)8-18-14(20)13-9-21-15(19-13)11-6-4-5-7-12(11)16;/h4-7,9-10,17H,3,8H2,1-2H3,(H,18,20);1H/t10-;/m1./s1. The summed E-state index contributed by atoms with van der Waals surface area (Å²) >= 11 is 7.56. The summed E-state index contributed by atoms with van der Waals surface area (Å²) in [4.78, 5) is 16.4. The Morgan fingerprint density at radius 2 is 2.14 bits per heavy atom. The quantitative estimate of drug-likeness (QED) is 0.827. The van der Waals surface area contributed by atoms with Crippen LogP contribution in [0.2, 0.25) is 5.02 Å². The molecule has 1 heterocycles. The molecule has 2 rings (SSSR count). The average Bonchev–Trinajstić information content (AvgIpc) is 2.95. The van der Waals surface area contributed by atoms with Crippen LogP contribution in [-0.4, -0.2) is 30.0 Å².